The molecule has 0 saturated carbocycles. The number of carbonyl (C=O) groups excluding carboxylic acids is 2. The third-order valence-electron chi connectivity index (χ3n) is 4.09. The highest BCUT2D eigenvalue weighted by Crippen LogP contribution is 2.20. The first kappa shape index (κ1) is 20.3. The second-order valence-electron chi connectivity index (χ2n) is 5.91. The maximum atomic E-state index is 13.3. The van der Waals surface area contributed by atoms with Gasteiger partial charge in [-0.1, -0.05) is 0 Å². The number of ketones is 1. The van der Waals surface area contributed by atoms with Crippen LogP contribution in [0.15, 0.2) is 28.7 Å². The molecule has 0 saturated heterocycles. The van der Waals surface area contributed by atoms with Crippen molar-refractivity contribution >= 4 is 27.7 Å². The fourth-order valence-electron chi connectivity index (χ4n) is 2.74. The van der Waals surface area contributed by atoms with Crippen LogP contribution in [0.5, 0.6) is 0 Å². The third kappa shape index (κ3) is 4.80. The van der Waals surface area contributed by atoms with Gasteiger partial charge in [-0.25, -0.2) is 9.18 Å². The molecule has 0 fully saturated rings. The van der Waals surface area contributed by atoms with Gasteiger partial charge in [0.15, 0.2) is 6.61 Å². The first-order valence-corrected chi connectivity index (χ1v) is 8.95. The highest BCUT2D eigenvalue weighted by molar-refractivity contribution is 9.10. The minimum Gasteiger partial charge on any atom is -0.454 e. The highest BCUT2D eigenvalue weighted by atomic mass is 79.9. The van der Waals surface area contributed by atoms with Crippen molar-refractivity contribution in [3.63, 3.8) is 0 Å². The zero-order valence-electron chi connectivity index (χ0n) is 15.0. The summed E-state index contributed by atoms with van der Waals surface area (Å²) < 4.78 is 25.9. The molecule has 0 unspecified atom stereocenters. The molecule has 140 valence electrons. The van der Waals surface area contributed by atoms with Crippen LogP contribution >= 0.6 is 15.9 Å². The molecule has 2 aromatic rings. The quantitative estimate of drug-likeness (QED) is 0.363. The molecule has 0 amide bonds. The molecule has 1 aromatic carbocycles. The number of methoxy groups -OCH3 is 1. The average Bonchev–Trinajstić information content (AvgIpc) is 2.89. The van der Waals surface area contributed by atoms with Gasteiger partial charge in [0.2, 0.25) is 5.78 Å². The van der Waals surface area contributed by atoms with E-state index in [1.807, 2.05) is 18.4 Å². The van der Waals surface area contributed by atoms with Gasteiger partial charge >= 0.3 is 5.97 Å². The Bertz CT molecular complexity index is 816. The molecular weight excluding hydrogens is 405 g/mol. The second kappa shape index (κ2) is 9.09. The van der Waals surface area contributed by atoms with Gasteiger partial charge in [0.05, 0.1) is 5.56 Å². The molecular formula is C19H21BrFNO4. The van der Waals surface area contributed by atoms with Crippen LogP contribution in [0.4, 0.5) is 4.39 Å². The summed E-state index contributed by atoms with van der Waals surface area (Å²) in [4.78, 5) is 24.5. The van der Waals surface area contributed by atoms with Crippen LogP contribution in [-0.2, 0) is 16.0 Å². The Kier molecular flexibility index (Phi) is 7.11. The number of halogens is 2. The van der Waals surface area contributed by atoms with E-state index < -0.39 is 18.4 Å². The Labute approximate surface area is 160 Å². The number of carbonyl (C=O) groups is 2. The molecule has 1 heterocycles. The summed E-state index contributed by atoms with van der Waals surface area (Å²) in [6, 6.07) is 5.50. The van der Waals surface area contributed by atoms with Crippen LogP contribution in [0.3, 0.4) is 0 Å². The van der Waals surface area contributed by atoms with E-state index in [1.54, 1.807) is 13.2 Å². The van der Waals surface area contributed by atoms with Crippen LogP contribution in [0.25, 0.3) is 0 Å². The van der Waals surface area contributed by atoms with E-state index in [4.69, 9.17) is 9.47 Å². The molecule has 0 aliphatic rings. The molecule has 2 rings (SSSR count). The van der Waals surface area contributed by atoms with E-state index in [9.17, 15) is 14.0 Å². The van der Waals surface area contributed by atoms with Crippen molar-refractivity contribution < 1.29 is 23.5 Å². The molecule has 0 atom stereocenters. The number of nitrogens with zero attached hydrogens (tertiary/aromatic N) is 1. The van der Waals surface area contributed by atoms with Crippen molar-refractivity contribution in [2.75, 3.05) is 20.3 Å². The first-order chi connectivity index (χ1) is 12.3. The molecule has 0 aliphatic carbocycles. The number of ether oxygens (including phenoxy) is 2. The number of benzene rings is 1. The van der Waals surface area contributed by atoms with Gasteiger partial charge in [0.1, 0.15) is 5.82 Å². The Morgan fingerprint density at radius 3 is 2.62 bits per heavy atom. The lowest BCUT2D eigenvalue weighted by Crippen LogP contribution is -2.15. The number of hydrogen-bond acceptors (Lipinski definition) is 4. The van der Waals surface area contributed by atoms with Gasteiger partial charge in [-0.05, 0) is 60.5 Å². The van der Waals surface area contributed by atoms with Crippen LogP contribution in [-0.4, -0.2) is 36.6 Å². The van der Waals surface area contributed by atoms with E-state index in [2.05, 4.69) is 15.9 Å². The summed E-state index contributed by atoms with van der Waals surface area (Å²) in [5.41, 5.74) is 2.35. The fourth-order valence-corrected chi connectivity index (χ4v) is 3.14. The van der Waals surface area contributed by atoms with E-state index in [1.165, 1.54) is 12.1 Å². The maximum Gasteiger partial charge on any atom is 0.339 e. The van der Waals surface area contributed by atoms with Crippen LogP contribution in [0.2, 0.25) is 0 Å². The number of aryl methyl sites for hydroxylation is 1. The van der Waals surface area contributed by atoms with Gasteiger partial charge in [-0.15, -0.1) is 0 Å². The van der Waals surface area contributed by atoms with Crippen molar-refractivity contribution in [2.45, 2.75) is 26.8 Å². The summed E-state index contributed by atoms with van der Waals surface area (Å²) in [7, 11) is 1.65. The van der Waals surface area contributed by atoms with Crippen molar-refractivity contribution in [2.24, 2.45) is 0 Å². The minimum absolute atomic E-state index is 0.0443. The van der Waals surface area contributed by atoms with Gasteiger partial charge in [-0.3, -0.25) is 4.79 Å². The standard InChI is InChI=1S/C19H21BrFNO4/c1-12-9-15(13(2)22(12)7-4-8-25-3)18(23)11-26-19(24)16-10-14(21)5-6-17(16)20/h5-6,9-10H,4,7-8,11H2,1-3H3. The molecule has 0 aliphatic heterocycles. The van der Waals surface area contributed by atoms with Crippen LogP contribution in [0.1, 0.15) is 38.5 Å². The molecule has 0 bridgehead atoms. The lowest BCUT2D eigenvalue weighted by molar-refractivity contribution is 0.0473. The Hall–Kier alpha value is -1.99. The Morgan fingerprint density at radius 2 is 1.92 bits per heavy atom. The first-order valence-electron chi connectivity index (χ1n) is 8.16. The molecule has 0 spiro atoms. The summed E-state index contributed by atoms with van der Waals surface area (Å²) in [6.45, 7) is 4.77. The predicted octanol–water partition coefficient (Wildman–Crippen LogP) is 4.08. The van der Waals surface area contributed by atoms with Crippen LogP contribution < -0.4 is 0 Å². The zero-order chi connectivity index (χ0) is 19.3. The van der Waals surface area contributed by atoms with Crippen molar-refractivity contribution in [1.29, 1.82) is 0 Å². The van der Waals surface area contributed by atoms with Gasteiger partial charge in [0, 0.05) is 41.7 Å². The largest absolute Gasteiger partial charge is 0.454 e. The fraction of sp³-hybridized carbons (Fsp3) is 0.368. The summed E-state index contributed by atoms with van der Waals surface area (Å²) in [6.07, 6.45) is 0.836. The number of hydrogen-bond donors (Lipinski definition) is 0. The summed E-state index contributed by atoms with van der Waals surface area (Å²) >= 11 is 3.17. The number of Topliss-reactive ketones (excluding diaryl/α,β-unsaturated/α-hetero) is 1. The number of esters is 1. The lowest BCUT2D eigenvalue weighted by atomic mass is 10.1. The monoisotopic (exact) mass is 425 g/mol. The smallest absolute Gasteiger partial charge is 0.339 e. The number of rotatable bonds is 8. The Morgan fingerprint density at radius 1 is 1.19 bits per heavy atom. The van der Waals surface area contributed by atoms with Gasteiger partial charge in [0.25, 0.3) is 0 Å². The molecule has 0 N–H and O–H groups in total. The van der Waals surface area contributed by atoms with E-state index in [-0.39, 0.29) is 11.3 Å². The molecule has 5 nitrogen and oxygen atoms in total. The van der Waals surface area contributed by atoms with Crippen molar-refractivity contribution in [3.8, 4) is 0 Å². The topological polar surface area (TPSA) is 57.5 Å². The summed E-state index contributed by atoms with van der Waals surface area (Å²) in [5.74, 6) is -1.60. The molecule has 7 heteroatoms. The molecule has 26 heavy (non-hydrogen) atoms. The van der Waals surface area contributed by atoms with Crippen molar-refractivity contribution in [3.05, 3.63) is 57.1 Å². The highest BCUT2D eigenvalue weighted by Gasteiger charge is 2.19. The van der Waals surface area contributed by atoms with Gasteiger partial charge in [-0.2, -0.15) is 0 Å². The minimum atomic E-state index is -0.751. The normalized spacial score (nSPS) is 10.8. The lowest BCUT2D eigenvalue weighted by Gasteiger charge is -2.09. The zero-order valence-corrected chi connectivity index (χ0v) is 16.6. The maximum absolute atomic E-state index is 13.3. The second-order valence-corrected chi connectivity index (χ2v) is 6.76. The SMILES string of the molecule is COCCCn1c(C)cc(C(=O)COC(=O)c2cc(F)ccc2Br)c1C. The Balaban J connectivity index is 2.05. The molecule has 1 aromatic heterocycles. The van der Waals surface area contributed by atoms with Gasteiger partial charge < -0.3 is 14.0 Å². The number of aromatic nitrogens is 1. The average molecular weight is 426 g/mol. The van der Waals surface area contributed by atoms with E-state index in [0.29, 0.717) is 16.6 Å². The third-order valence-corrected chi connectivity index (χ3v) is 4.78. The van der Waals surface area contributed by atoms with Crippen molar-refractivity contribution in [1.82, 2.24) is 4.57 Å². The van der Waals surface area contributed by atoms with Crippen LogP contribution in [0, 0.1) is 19.7 Å². The van der Waals surface area contributed by atoms with E-state index in [0.717, 1.165) is 30.4 Å². The van der Waals surface area contributed by atoms with E-state index >= 15 is 0 Å². The predicted molar refractivity (Wildman–Crippen MR) is 99.1 cm³/mol. The summed E-state index contributed by atoms with van der Waals surface area (Å²) in [5, 5.41) is 0. The molecule has 0 radical (unpaired) electrons.